The van der Waals surface area contributed by atoms with Crippen molar-refractivity contribution in [2.45, 2.75) is 38.7 Å². The quantitative estimate of drug-likeness (QED) is 0.507. The van der Waals surface area contributed by atoms with E-state index in [-0.39, 0.29) is 18.5 Å². The Balaban J connectivity index is 1.60. The number of aromatic nitrogens is 2. The highest BCUT2D eigenvalue weighted by atomic mass is 19.1. The fourth-order valence-corrected chi connectivity index (χ4v) is 4.97. The lowest BCUT2D eigenvalue weighted by atomic mass is 9.85. The molecule has 0 amide bonds. The molecule has 2 aliphatic heterocycles. The third-order valence-corrected chi connectivity index (χ3v) is 7.00. The van der Waals surface area contributed by atoms with Crippen LogP contribution in [0, 0.1) is 12.3 Å². The number of morpholine rings is 1. The van der Waals surface area contributed by atoms with Crippen molar-refractivity contribution >= 4 is 29.3 Å². The van der Waals surface area contributed by atoms with Gasteiger partial charge >= 0.3 is 6.01 Å². The molecular formula is C26H35FN6O3. The van der Waals surface area contributed by atoms with Crippen LogP contribution in [0.2, 0.25) is 0 Å². The SMILES string of the molecule is COc1nc(Nc2cc(C3CCN(CCF)CC3)c(C)cc2C=N)cc(N2CCOC(C(C)=O)C2)n1. The lowest BCUT2D eigenvalue weighted by Gasteiger charge is -2.33. The molecule has 2 fully saturated rings. The van der Waals surface area contributed by atoms with Gasteiger partial charge in [-0.15, -0.1) is 0 Å². The van der Waals surface area contributed by atoms with E-state index in [9.17, 15) is 9.18 Å². The van der Waals surface area contributed by atoms with Crippen LogP contribution in [0.25, 0.3) is 0 Å². The number of halogens is 1. The van der Waals surface area contributed by atoms with Crippen LogP contribution in [-0.4, -0.2) is 86.1 Å². The number of hydrogen-bond donors (Lipinski definition) is 2. The number of Topliss-reactive ketones (excluding diaryl/α,β-unsaturated/α-hetero) is 1. The number of methoxy groups -OCH3 is 1. The highest BCUT2D eigenvalue weighted by Gasteiger charge is 2.26. The molecule has 0 aliphatic carbocycles. The number of likely N-dealkylation sites (tertiary alicyclic amines) is 1. The summed E-state index contributed by atoms with van der Waals surface area (Å²) in [7, 11) is 1.52. The average molecular weight is 499 g/mol. The number of ether oxygens (including phenoxy) is 2. The second kappa shape index (κ2) is 11.7. The fraction of sp³-hybridized carbons (Fsp3) is 0.538. The van der Waals surface area contributed by atoms with Crippen LogP contribution < -0.4 is 15.0 Å². The first-order valence-corrected chi connectivity index (χ1v) is 12.4. The lowest BCUT2D eigenvalue weighted by Crippen LogP contribution is -2.45. The Morgan fingerprint density at radius 3 is 2.72 bits per heavy atom. The minimum atomic E-state index is -0.489. The van der Waals surface area contributed by atoms with Gasteiger partial charge in [0, 0.05) is 36.6 Å². The van der Waals surface area contributed by atoms with E-state index < -0.39 is 6.10 Å². The Bertz CT molecular complexity index is 1090. The van der Waals surface area contributed by atoms with E-state index >= 15 is 0 Å². The number of nitrogens with zero attached hydrogens (tertiary/aromatic N) is 4. The first-order chi connectivity index (χ1) is 17.4. The molecule has 1 aromatic carbocycles. The highest BCUT2D eigenvalue weighted by Crippen LogP contribution is 2.34. The summed E-state index contributed by atoms with van der Waals surface area (Å²) in [4.78, 5) is 25.0. The molecule has 36 heavy (non-hydrogen) atoms. The summed E-state index contributed by atoms with van der Waals surface area (Å²) >= 11 is 0. The van der Waals surface area contributed by atoms with Gasteiger partial charge in [-0.05, 0) is 69.0 Å². The van der Waals surface area contributed by atoms with Crippen LogP contribution in [0.15, 0.2) is 18.2 Å². The Labute approximate surface area is 211 Å². The molecule has 0 spiro atoms. The van der Waals surface area contributed by atoms with Crippen molar-refractivity contribution in [2.24, 2.45) is 0 Å². The number of ketones is 1. The third-order valence-electron chi connectivity index (χ3n) is 7.00. The smallest absolute Gasteiger partial charge is 0.320 e. The zero-order valence-corrected chi connectivity index (χ0v) is 21.2. The van der Waals surface area contributed by atoms with Gasteiger partial charge < -0.3 is 30.0 Å². The van der Waals surface area contributed by atoms with Crippen molar-refractivity contribution in [1.82, 2.24) is 14.9 Å². The van der Waals surface area contributed by atoms with E-state index in [4.69, 9.17) is 14.9 Å². The summed E-state index contributed by atoms with van der Waals surface area (Å²) in [6, 6.07) is 6.18. The number of anilines is 3. The molecular weight excluding hydrogens is 463 g/mol. The Kier molecular flexibility index (Phi) is 8.48. The second-order valence-corrected chi connectivity index (χ2v) is 9.38. The standard InChI is InChI=1S/C26H35FN6O3/c1-17-12-20(15-28)22(13-21(17)19-4-7-32(8-5-19)9-6-27)29-24-14-25(31-26(30-24)35-3)33-10-11-36-23(16-33)18(2)34/h12-15,19,23,28H,4-11,16H2,1-3H3,(H,29,30,31). The molecule has 3 heterocycles. The van der Waals surface area contributed by atoms with Gasteiger partial charge in [-0.2, -0.15) is 9.97 Å². The van der Waals surface area contributed by atoms with E-state index in [1.807, 2.05) is 17.0 Å². The number of nitrogens with one attached hydrogen (secondary N) is 2. The third kappa shape index (κ3) is 5.99. The monoisotopic (exact) mass is 498 g/mol. The predicted molar refractivity (Wildman–Crippen MR) is 138 cm³/mol. The Morgan fingerprint density at radius 2 is 2.06 bits per heavy atom. The number of aryl methyl sites for hydroxylation is 1. The van der Waals surface area contributed by atoms with Crippen molar-refractivity contribution in [3.8, 4) is 6.01 Å². The molecule has 0 saturated carbocycles. The van der Waals surface area contributed by atoms with Crippen LogP contribution in [0.1, 0.15) is 42.4 Å². The van der Waals surface area contributed by atoms with Gasteiger partial charge in [-0.3, -0.25) is 4.79 Å². The molecule has 1 aromatic heterocycles. The van der Waals surface area contributed by atoms with Crippen molar-refractivity contribution in [1.29, 1.82) is 5.41 Å². The normalized spacial score (nSPS) is 19.2. The van der Waals surface area contributed by atoms with Crippen LogP contribution in [0.4, 0.5) is 21.7 Å². The number of hydrogen-bond acceptors (Lipinski definition) is 9. The molecule has 2 aromatic rings. The maximum absolute atomic E-state index is 12.7. The molecule has 2 N–H and O–H groups in total. The van der Waals surface area contributed by atoms with Gasteiger partial charge in [-0.25, -0.2) is 4.39 Å². The maximum Gasteiger partial charge on any atom is 0.320 e. The first kappa shape index (κ1) is 26.0. The van der Waals surface area contributed by atoms with Crippen molar-refractivity contribution in [3.63, 3.8) is 0 Å². The van der Waals surface area contributed by atoms with Crippen LogP contribution >= 0.6 is 0 Å². The molecule has 1 unspecified atom stereocenters. The molecule has 4 rings (SSSR count). The molecule has 2 aliphatic rings. The minimum Gasteiger partial charge on any atom is -0.467 e. The van der Waals surface area contributed by atoms with Crippen molar-refractivity contribution < 1.29 is 18.7 Å². The number of carbonyl (C=O) groups is 1. The lowest BCUT2D eigenvalue weighted by molar-refractivity contribution is -0.128. The van der Waals surface area contributed by atoms with E-state index in [1.165, 1.54) is 25.8 Å². The molecule has 1 atom stereocenters. The number of benzene rings is 1. The molecule has 0 bridgehead atoms. The van der Waals surface area contributed by atoms with E-state index in [1.54, 1.807) is 0 Å². The zero-order valence-electron chi connectivity index (χ0n) is 21.2. The van der Waals surface area contributed by atoms with E-state index in [0.29, 0.717) is 43.8 Å². The molecule has 10 heteroatoms. The predicted octanol–water partition coefficient (Wildman–Crippen LogP) is 3.48. The van der Waals surface area contributed by atoms with Gasteiger partial charge in [0.25, 0.3) is 0 Å². The topological polar surface area (TPSA) is 104 Å². The van der Waals surface area contributed by atoms with Gasteiger partial charge in [0.2, 0.25) is 0 Å². The van der Waals surface area contributed by atoms with Gasteiger partial charge in [0.05, 0.1) is 20.3 Å². The summed E-state index contributed by atoms with van der Waals surface area (Å²) in [6.45, 7) is 7.02. The van der Waals surface area contributed by atoms with Gasteiger partial charge in [0.15, 0.2) is 5.78 Å². The molecule has 9 nitrogen and oxygen atoms in total. The number of carbonyl (C=O) groups excluding carboxylic acids is 1. The summed E-state index contributed by atoms with van der Waals surface area (Å²) in [5, 5.41) is 11.3. The number of alkyl halides is 1. The number of rotatable bonds is 9. The fourth-order valence-electron chi connectivity index (χ4n) is 4.97. The van der Waals surface area contributed by atoms with Crippen molar-refractivity contribution in [2.75, 3.05) is 63.3 Å². The second-order valence-electron chi connectivity index (χ2n) is 9.38. The molecule has 2 saturated heterocycles. The summed E-state index contributed by atoms with van der Waals surface area (Å²) in [5.41, 5.74) is 3.93. The summed E-state index contributed by atoms with van der Waals surface area (Å²) < 4.78 is 23.7. The highest BCUT2D eigenvalue weighted by molar-refractivity contribution is 5.88. The van der Waals surface area contributed by atoms with Gasteiger partial charge in [-0.1, -0.05) is 0 Å². The molecule has 0 radical (unpaired) electrons. The van der Waals surface area contributed by atoms with Crippen LogP contribution in [-0.2, 0) is 9.53 Å². The van der Waals surface area contributed by atoms with E-state index in [0.717, 1.165) is 42.7 Å². The summed E-state index contributed by atoms with van der Waals surface area (Å²) in [6.07, 6.45) is 2.80. The first-order valence-electron chi connectivity index (χ1n) is 12.4. The van der Waals surface area contributed by atoms with Crippen molar-refractivity contribution in [3.05, 3.63) is 34.9 Å². The Morgan fingerprint density at radius 1 is 1.28 bits per heavy atom. The molecule has 194 valence electrons. The van der Waals surface area contributed by atoms with Crippen LogP contribution in [0.5, 0.6) is 6.01 Å². The average Bonchev–Trinajstić information content (AvgIpc) is 2.90. The Hall–Kier alpha value is -3.11. The van der Waals surface area contributed by atoms with Gasteiger partial charge in [0.1, 0.15) is 24.4 Å². The maximum atomic E-state index is 12.7. The summed E-state index contributed by atoms with van der Waals surface area (Å²) in [5.74, 6) is 1.55. The van der Waals surface area contributed by atoms with E-state index in [2.05, 4.69) is 33.2 Å². The largest absolute Gasteiger partial charge is 0.467 e. The zero-order chi connectivity index (χ0) is 25.7. The van der Waals surface area contributed by atoms with Crippen LogP contribution in [0.3, 0.4) is 0 Å². The minimum absolute atomic E-state index is 0.0163. The number of piperidine rings is 1.